The van der Waals surface area contributed by atoms with Crippen LogP contribution >= 0.6 is 0 Å². The zero-order chi connectivity index (χ0) is 16.3. The molecular formula is C20H22O3. The van der Waals surface area contributed by atoms with E-state index in [1.54, 1.807) is 6.08 Å². The van der Waals surface area contributed by atoms with Gasteiger partial charge in [-0.1, -0.05) is 66.7 Å². The van der Waals surface area contributed by atoms with E-state index in [-0.39, 0.29) is 12.4 Å². The van der Waals surface area contributed by atoms with Gasteiger partial charge in [-0.15, -0.1) is 6.58 Å². The maximum atomic E-state index is 12.2. The van der Waals surface area contributed by atoms with Gasteiger partial charge in [0.1, 0.15) is 12.7 Å². The fraction of sp³-hybridized carbons (Fsp3) is 0.250. The minimum atomic E-state index is -0.511. The van der Waals surface area contributed by atoms with Crippen LogP contribution in [0, 0.1) is 0 Å². The average Bonchev–Trinajstić information content (AvgIpc) is 2.60. The molecule has 0 saturated heterocycles. The molecule has 0 radical (unpaired) electrons. The van der Waals surface area contributed by atoms with Gasteiger partial charge in [0.2, 0.25) is 0 Å². The van der Waals surface area contributed by atoms with Crippen molar-refractivity contribution in [3.63, 3.8) is 0 Å². The first kappa shape index (κ1) is 17.1. The summed E-state index contributed by atoms with van der Waals surface area (Å²) in [6.07, 6.45) is 1.67. The van der Waals surface area contributed by atoms with Crippen molar-refractivity contribution in [3.05, 3.63) is 84.4 Å². The highest BCUT2D eigenvalue weighted by Gasteiger charge is 2.17. The lowest BCUT2D eigenvalue weighted by molar-refractivity contribution is -0.136. The van der Waals surface area contributed by atoms with Gasteiger partial charge in [-0.05, 0) is 17.5 Å². The first-order valence-electron chi connectivity index (χ1n) is 7.70. The molecule has 0 N–H and O–H groups in total. The standard InChI is InChI=1S/C20H22O3/c1-2-9-20(23-15-18-12-7-4-8-13-18)19(21)16-22-14-17-10-5-3-6-11-17/h2-8,10-13,20H,1,9,14-16H2/t20-/m0/s1. The largest absolute Gasteiger partial charge is 0.369 e. The van der Waals surface area contributed by atoms with Crippen molar-refractivity contribution >= 4 is 5.78 Å². The highest BCUT2D eigenvalue weighted by Crippen LogP contribution is 2.09. The second-order valence-corrected chi connectivity index (χ2v) is 5.25. The van der Waals surface area contributed by atoms with E-state index < -0.39 is 6.10 Å². The van der Waals surface area contributed by atoms with E-state index in [1.165, 1.54) is 0 Å². The Hall–Kier alpha value is -2.23. The molecule has 2 aromatic carbocycles. The van der Waals surface area contributed by atoms with Crippen molar-refractivity contribution in [2.45, 2.75) is 25.7 Å². The number of ketones is 1. The summed E-state index contributed by atoms with van der Waals surface area (Å²) in [5.74, 6) is -0.0586. The van der Waals surface area contributed by atoms with Gasteiger partial charge in [0.15, 0.2) is 5.78 Å². The quantitative estimate of drug-likeness (QED) is 0.624. The summed E-state index contributed by atoms with van der Waals surface area (Å²) in [5, 5.41) is 0. The number of carbonyl (C=O) groups excluding carboxylic acids is 1. The summed E-state index contributed by atoms with van der Waals surface area (Å²) in [6, 6.07) is 19.6. The van der Waals surface area contributed by atoms with Crippen molar-refractivity contribution in [1.82, 2.24) is 0 Å². The third-order valence-electron chi connectivity index (χ3n) is 3.39. The highest BCUT2D eigenvalue weighted by atomic mass is 16.5. The third kappa shape index (κ3) is 6.19. The fourth-order valence-corrected chi connectivity index (χ4v) is 2.15. The zero-order valence-corrected chi connectivity index (χ0v) is 13.2. The lowest BCUT2D eigenvalue weighted by Gasteiger charge is -2.15. The maximum absolute atomic E-state index is 12.2. The number of Topliss-reactive ketones (excluding diaryl/α,β-unsaturated/α-hetero) is 1. The predicted octanol–water partition coefficient (Wildman–Crippen LogP) is 3.93. The Bertz CT molecular complexity index is 593. The van der Waals surface area contributed by atoms with Crippen LogP contribution in [0.25, 0.3) is 0 Å². The molecule has 1 atom stereocenters. The van der Waals surface area contributed by atoms with Gasteiger partial charge in [0.05, 0.1) is 13.2 Å². The summed E-state index contributed by atoms with van der Waals surface area (Å²) in [4.78, 5) is 12.2. The monoisotopic (exact) mass is 310 g/mol. The van der Waals surface area contributed by atoms with Gasteiger partial charge in [-0.2, -0.15) is 0 Å². The number of rotatable bonds is 10. The molecule has 0 fully saturated rings. The zero-order valence-electron chi connectivity index (χ0n) is 13.2. The lowest BCUT2D eigenvalue weighted by Crippen LogP contribution is -2.27. The van der Waals surface area contributed by atoms with E-state index in [2.05, 4.69) is 6.58 Å². The summed E-state index contributed by atoms with van der Waals surface area (Å²) in [6.45, 7) is 4.57. The van der Waals surface area contributed by atoms with Gasteiger partial charge in [0.25, 0.3) is 0 Å². The number of ether oxygens (including phenoxy) is 2. The minimum Gasteiger partial charge on any atom is -0.369 e. The molecule has 2 rings (SSSR count). The van der Waals surface area contributed by atoms with Crippen molar-refractivity contribution in [2.24, 2.45) is 0 Å². The molecule has 3 nitrogen and oxygen atoms in total. The molecule has 0 aromatic heterocycles. The summed E-state index contributed by atoms with van der Waals surface area (Å²) >= 11 is 0. The Kier molecular flexibility index (Phi) is 7.24. The van der Waals surface area contributed by atoms with Crippen LogP contribution in [0.2, 0.25) is 0 Å². The van der Waals surface area contributed by atoms with Crippen LogP contribution in [-0.2, 0) is 27.5 Å². The van der Waals surface area contributed by atoms with E-state index in [9.17, 15) is 4.79 Å². The molecule has 0 heterocycles. The minimum absolute atomic E-state index is 0.0438. The van der Waals surface area contributed by atoms with Gasteiger partial charge in [0, 0.05) is 0 Å². The van der Waals surface area contributed by atoms with E-state index in [0.29, 0.717) is 19.6 Å². The van der Waals surface area contributed by atoms with E-state index in [1.807, 2.05) is 60.7 Å². The molecular weight excluding hydrogens is 288 g/mol. The van der Waals surface area contributed by atoms with Crippen molar-refractivity contribution in [3.8, 4) is 0 Å². The third-order valence-corrected chi connectivity index (χ3v) is 3.39. The molecule has 0 aliphatic heterocycles. The molecule has 23 heavy (non-hydrogen) atoms. The predicted molar refractivity (Wildman–Crippen MR) is 90.9 cm³/mol. The number of hydrogen-bond donors (Lipinski definition) is 0. The Labute approximate surface area is 137 Å². The van der Waals surface area contributed by atoms with E-state index in [4.69, 9.17) is 9.47 Å². The first-order valence-corrected chi connectivity index (χ1v) is 7.70. The molecule has 0 unspecified atom stereocenters. The number of hydrogen-bond acceptors (Lipinski definition) is 3. The highest BCUT2D eigenvalue weighted by molar-refractivity contribution is 5.84. The first-order chi connectivity index (χ1) is 11.3. The van der Waals surface area contributed by atoms with E-state index in [0.717, 1.165) is 11.1 Å². The van der Waals surface area contributed by atoms with Crippen LogP contribution < -0.4 is 0 Å². The SMILES string of the molecule is C=CC[C@H](OCc1ccccc1)C(=O)COCc1ccccc1. The smallest absolute Gasteiger partial charge is 0.187 e. The molecule has 0 amide bonds. The average molecular weight is 310 g/mol. The molecule has 2 aromatic rings. The molecule has 0 bridgehead atoms. The Morgan fingerprint density at radius 3 is 2.09 bits per heavy atom. The topological polar surface area (TPSA) is 35.5 Å². The van der Waals surface area contributed by atoms with Gasteiger partial charge in [-0.3, -0.25) is 4.79 Å². The number of carbonyl (C=O) groups is 1. The number of benzene rings is 2. The molecule has 120 valence electrons. The van der Waals surface area contributed by atoms with Gasteiger partial charge < -0.3 is 9.47 Å². The fourth-order valence-electron chi connectivity index (χ4n) is 2.15. The Morgan fingerprint density at radius 1 is 0.957 bits per heavy atom. The molecule has 0 spiro atoms. The summed E-state index contributed by atoms with van der Waals surface area (Å²) in [5.41, 5.74) is 2.09. The maximum Gasteiger partial charge on any atom is 0.187 e. The Balaban J connectivity index is 1.79. The molecule has 0 saturated carbocycles. The van der Waals surface area contributed by atoms with Crippen molar-refractivity contribution < 1.29 is 14.3 Å². The van der Waals surface area contributed by atoms with Crippen LogP contribution in [0.3, 0.4) is 0 Å². The Morgan fingerprint density at radius 2 is 1.52 bits per heavy atom. The van der Waals surface area contributed by atoms with Crippen LogP contribution in [-0.4, -0.2) is 18.5 Å². The van der Waals surface area contributed by atoms with E-state index >= 15 is 0 Å². The molecule has 0 aliphatic carbocycles. The lowest BCUT2D eigenvalue weighted by atomic mass is 10.1. The summed E-state index contributed by atoms with van der Waals surface area (Å²) in [7, 11) is 0. The van der Waals surface area contributed by atoms with Crippen LogP contribution in [0.15, 0.2) is 73.3 Å². The second kappa shape index (κ2) is 9.72. The van der Waals surface area contributed by atoms with Crippen LogP contribution in [0.4, 0.5) is 0 Å². The summed E-state index contributed by atoms with van der Waals surface area (Å²) < 4.78 is 11.2. The van der Waals surface area contributed by atoms with Crippen molar-refractivity contribution in [2.75, 3.05) is 6.61 Å². The molecule has 0 aliphatic rings. The second-order valence-electron chi connectivity index (χ2n) is 5.25. The van der Waals surface area contributed by atoms with Gasteiger partial charge in [-0.25, -0.2) is 0 Å². The van der Waals surface area contributed by atoms with Crippen LogP contribution in [0.5, 0.6) is 0 Å². The van der Waals surface area contributed by atoms with Gasteiger partial charge >= 0.3 is 0 Å². The van der Waals surface area contributed by atoms with Crippen LogP contribution in [0.1, 0.15) is 17.5 Å². The normalized spacial score (nSPS) is 11.8. The molecule has 3 heteroatoms. The van der Waals surface area contributed by atoms with Crippen molar-refractivity contribution in [1.29, 1.82) is 0 Å².